The summed E-state index contributed by atoms with van der Waals surface area (Å²) in [7, 11) is 0. The lowest BCUT2D eigenvalue weighted by Gasteiger charge is -2.24. The van der Waals surface area contributed by atoms with Gasteiger partial charge in [0.2, 0.25) is 5.91 Å². The Kier molecular flexibility index (Phi) is 7.21. The number of carbonyl (C=O) groups excluding carboxylic acids is 1. The minimum Gasteiger partial charge on any atom is -0.349 e. The summed E-state index contributed by atoms with van der Waals surface area (Å²) in [5.41, 5.74) is 0. The summed E-state index contributed by atoms with van der Waals surface area (Å²) in [5, 5.41) is 11.6. The van der Waals surface area contributed by atoms with E-state index in [0.717, 1.165) is 50.0 Å². The molecule has 1 amide bonds. The van der Waals surface area contributed by atoms with E-state index in [1.54, 1.807) is 0 Å². The first kappa shape index (κ1) is 18.9. The Hall–Kier alpha value is -1.43. The first-order valence-electron chi connectivity index (χ1n) is 9.49. The highest BCUT2D eigenvalue weighted by atomic mass is 16.1. The molecule has 0 spiro atoms. The highest BCUT2D eigenvalue weighted by molar-refractivity contribution is 5.78. The Morgan fingerprint density at radius 3 is 2.54 bits per heavy atom. The molecule has 1 aliphatic heterocycles. The molecule has 24 heavy (non-hydrogen) atoms. The molecule has 136 valence electrons. The van der Waals surface area contributed by atoms with Gasteiger partial charge in [-0.15, -0.1) is 10.2 Å². The SMILES string of the molecule is CCC(CC)CN1CCc2nnc(CNC(=O)C(C)CC)n2CC1. The van der Waals surface area contributed by atoms with Crippen molar-refractivity contribution in [1.82, 2.24) is 25.0 Å². The van der Waals surface area contributed by atoms with Crippen LogP contribution in [-0.4, -0.2) is 45.2 Å². The third-order valence-electron chi connectivity index (χ3n) is 5.35. The van der Waals surface area contributed by atoms with E-state index in [-0.39, 0.29) is 11.8 Å². The van der Waals surface area contributed by atoms with Gasteiger partial charge in [-0.1, -0.05) is 40.5 Å². The lowest BCUT2D eigenvalue weighted by molar-refractivity contribution is -0.124. The van der Waals surface area contributed by atoms with Crippen LogP contribution in [0.5, 0.6) is 0 Å². The molecule has 0 aliphatic carbocycles. The number of fused-ring (bicyclic) bond motifs is 1. The van der Waals surface area contributed by atoms with Crippen molar-refractivity contribution < 1.29 is 4.79 Å². The predicted octanol–water partition coefficient (Wildman–Crippen LogP) is 2.23. The molecule has 1 atom stereocenters. The van der Waals surface area contributed by atoms with Crippen LogP contribution in [0.4, 0.5) is 0 Å². The maximum absolute atomic E-state index is 12.0. The molecule has 2 rings (SSSR count). The van der Waals surface area contributed by atoms with E-state index in [1.165, 1.54) is 19.4 Å². The van der Waals surface area contributed by atoms with Crippen LogP contribution < -0.4 is 5.32 Å². The molecule has 0 saturated heterocycles. The summed E-state index contributed by atoms with van der Waals surface area (Å²) in [6.07, 6.45) is 4.28. The maximum atomic E-state index is 12.0. The molecule has 0 bridgehead atoms. The van der Waals surface area contributed by atoms with Crippen LogP contribution in [0.25, 0.3) is 0 Å². The molecule has 0 aromatic carbocycles. The molecule has 0 fully saturated rings. The van der Waals surface area contributed by atoms with Gasteiger partial charge in [0, 0.05) is 38.5 Å². The quantitative estimate of drug-likeness (QED) is 0.791. The minimum atomic E-state index is 0.0482. The second-order valence-corrected chi connectivity index (χ2v) is 6.94. The fraction of sp³-hybridized carbons (Fsp3) is 0.833. The van der Waals surface area contributed by atoms with Gasteiger partial charge in [0.15, 0.2) is 5.82 Å². The summed E-state index contributed by atoms with van der Waals surface area (Å²) in [6.45, 7) is 13.2. The number of nitrogens with zero attached hydrogens (tertiary/aromatic N) is 4. The van der Waals surface area contributed by atoms with Crippen LogP contribution in [0.2, 0.25) is 0 Å². The zero-order chi connectivity index (χ0) is 17.5. The number of aromatic nitrogens is 3. The third-order valence-corrected chi connectivity index (χ3v) is 5.35. The molecule has 1 unspecified atom stereocenters. The van der Waals surface area contributed by atoms with Crippen molar-refractivity contribution in [3.63, 3.8) is 0 Å². The van der Waals surface area contributed by atoms with Crippen molar-refractivity contribution >= 4 is 5.91 Å². The maximum Gasteiger partial charge on any atom is 0.223 e. The first-order chi connectivity index (χ1) is 11.6. The number of hydrogen-bond donors (Lipinski definition) is 1. The molecule has 0 saturated carbocycles. The first-order valence-corrected chi connectivity index (χ1v) is 9.49. The topological polar surface area (TPSA) is 63.1 Å². The van der Waals surface area contributed by atoms with E-state index in [4.69, 9.17) is 0 Å². The predicted molar refractivity (Wildman–Crippen MR) is 95.5 cm³/mol. The van der Waals surface area contributed by atoms with Crippen molar-refractivity contribution in [3.8, 4) is 0 Å². The van der Waals surface area contributed by atoms with Crippen LogP contribution in [-0.2, 0) is 24.3 Å². The normalized spacial score (nSPS) is 16.7. The standard InChI is InChI=1S/C18H33N5O/c1-5-14(4)18(24)19-12-17-21-20-16-8-9-22(10-11-23(16)17)13-15(6-2)7-3/h14-15H,5-13H2,1-4H3,(H,19,24). The van der Waals surface area contributed by atoms with Crippen molar-refractivity contribution in [2.75, 3.05) is 19.6 Å². The minimum absolute atomic E-state index is 0.0482. The Balaban J connectivity index is 1.93. The monoisotopic (exact) mass is 335 g/mol. The molecule has 0 radical (unpaired) electrons. The van der Waals surface area contributed by atoms with Gasteiger partial charge < -0.3 is 14.8 Å². The molecule has 6 heteroatoms. The molecule has 1 aliphatic rings. The molecular weight excluding hydrogens is 302 g/mol. The summed E-state index contributed by atoms with van der Waals surface area (Å²) < 4.78 is 2.20. The number of carbonyl (C=O) groups is 1. The van der Waals surface area contributed by atoms with Gasteiger partial charge in [0.05, 0.1) is 6.54 Å². The molecule has 1 N–H and O–H groups in total. The number of hydrogen-bond acceptors (Lipinski definition) is 4. The van der Waals surface area contributed by atoms with Gasteiger partial charge >= 0.3 is 0 Å². The van der Waals surface area contributed by atoms with Crippen LogP contribution in [0.15, 0.2) is 0 Å². The Bertz CT molecular complexity index is 523. The second-order valence-electron chi connectivity index (χ2n) is 6.94. The summed E-state index contributed by atoms with van der Waals surface area (Å²) in [5.74, 6) is 2.86. The Labute approximate surface area is 146 Å². The van der Waals surface area contributed by atoms with Crippen molar-refractivity contribution in [2.45, 2.75) is 66.5 Å². The van der Waals surface area contributed by atoms with E-state index in [1.807, 2.05) is 13.8 Å². The van der Waals surface area contributed by atoms with E-state index in [2.05, 4.69) is 38.8 Å². The van der Waals surface area contributed by atoms with Gasteiger partial charge in [-0.05, 0) is 12.3 Å². The molecule has 1 aromatic rings. The van der Waals surface area contributed by atoms with Gasteiger partial charge in [-0.25, -0.2) is 0 Å². The summed E-state index contributed by atoms with van der Waals surface area (Å²) >= 11 is 0. The van der Waals surface area contributed by atoms with Crippen LogP contribution in [0, 0.1) is 11.8 Å². The fourth-order valence-corrected chi connectivity index (χ4v) is 3.18. The molecule has 2 heterocycles. The average molecular weight is 335 g/mol. The van der Waals surface area contributed by atoms with Crippen molar-refractivity contribution in [2.24, 2.45) is 11.8 Å². The number of nitrogens with one attached hydrogen (secondary N) is 1. The van der Waals surface area contributed by atoms with Crippen LogP contribution in [0.1, 0.15) is 58.6 Å². The van der Waals surface area contributed by atoms with Crippen molar-refractivity contribution in [3.05, 3.63) is 11.6 Å². The van der Waals surface area contributed by atoms with Gasteiger partial charge in [0.25, 0.3) is 0 Å². The lowest BCUT2D eigenvalue weighted by Crippen LogP contribution is -2.32. The highest BCUT2D eigenvalue weighted by Gasteiger charge is 2.20. The zero-order valence-corrected chi connectivity index (χ0v) is 15.7. The van der Waals surface area contributed by atoms with E-state index >= 15 is 0 Å². The zero-order valence-electron chi connectivity index (χ0n) is 15.7. The lowest BCUT2D eigenvalue weighted by atomic mass is 10.0. The highest BCUT2D eigenvalue weighted by Crippen LogP contribution is 2.14. The third kappa shape index (κ3) is 4.79. The van der Waals surface area contributed by atoms with Crippen LogP contribution >= 0.6 is 0 Å². The second kappa shape index (κ2) is 9.16. The number of amides is 1. The largest absolute Gasteiger partial charge is 0.349 e. The molecule has 6 nitrogen and oxygen atoms in total. The van der Waals surface area contributed by atoms with E-state index in [0.29, 0.717) is 6.54 Å². The van der Waals surface area contributed by atoms with E-state index < -0.39 is 0 Å². The molecule has 1 aromatic heterocycles. The smallest absolute Gasteiger partial charge is 0.223 e. The van der Waals surface area contributed by atoms with E-state index in [9.17, 15) is 4.79 Å². The molecular formula is C18H33N5O. The fourth-order valence-electron chi connectivity index (χ4n) is 3.18. The Morgan fingerprint density at radius 1 is 1.12 bits per heavy atom. The van der Waals surface area contributed by atoms with Crippen LogP contribution in [0.3, 0.4) is 0 Å². The van der Waals surface area contributed by atoms with Gasteiger partial charge in [0.1, 0.15) is 5.82 Å². The van der Waals surface area contributed by atoms with Gasteiger partial charge in [-0.2, -0.15) is 0 Å². The number of rotatable bonds is 8. The average Bonchev–Trinajstić information content (AvgIpc) is 2.88. The summed E-state index contributed by atoms with van der Waals surface area (Å²) in [6, 6.07) is 0. The Morgan fingerprint density at radius 2 is 1.88 bits per heavy atom. The van der Waals surface area contributed by atoms with Crippen molar-refractivity contribution in [1.29, 1.82) is 0 Å². The van der Waals surface area contributed by atoms with Gasteiger partial charge in [-0.3, -0.25) is 4.79 Å². The summed E-state index contributed by atoms with van der Waals surface area (Å²) in [4.78, 5) is 14.5.